The Morgan fingerprint density at radius 1 is 0.457 bits per heavy atom. The lowest BCUT2D eigenvalue weighted by Gasteiger charge is -2.61. The van der Waals surface area contributed by atoms with Crippen molar-refractivity contribution < 1.29 is 25.3 Å². The number of benzene rings is 3. The van der Waals surface area contributed by atoms with Crippen molar-refractivity contribution in [2.24, 2.45) is 81.8 Å². The molecule has 6 nitrogen and oxygen atoms in total. The van der Waals surface area contributed by atoms with Crippen molar-refractivity contribution in [2.75, 3.05) is 18.8 Å². The van der Waals surface area contributed by atoms with E-state index in [0.717, 1.165) is 90.3 Å². The molecule has 0 aromatic heterocycles. The van der Waals surface area contributed by atoms with E-state index in [9.17, 15) is 25.3 Å². The van der Waals surface area contributed by atoms with Crippen LogP contribution in [0.5, 0.6) is 0 Å². The lowest BCUT2D eigenvalue weighted by molar-refractivity contribution is -0.121. The second kappa shape index (κ2) is 28.8. The van der Waals surface area contributed by atoms with Crippen LogP contribution in [0.1, 0.15) is 238 Å². The molecule has 0 radical (unpaired) electrons. The molecule has 7 saturated carbocycles. The molecule has 0 amide bonds. The van der Waals surface area contributed by atoms with Crippen molar-refractivity contribution in [3.05, 3.63) is 89.5 Å². The van der Waals surface area contributed by atoms with Crippen LogP contribution in [0.2, 0.25) is 0 Å². The van der Waals surface area contributed by atoms with Crippen LogP contribution < -0.4 is 0 Å². The summed E-state index contributed by atoms with van der Waals surface area (Å²) in [6.07, 6.45) is 48.2. The number of sulfone groups is 3. The molecule has 7 aliphatic rings. The molecule has 10 rings (SSSR count). The fourth-order valence-electron chi connectivity index (χ4n) is 18.7. The Morgan fingerprint density at radius 3 is 1.43 bits per heavy atom. The SMILES string of the molecule is CC(C)CCCC(C)C1CCC2C3CCC4CC(Cc5ccc(S(C)(=O)=O)cc5)CC[C@]4(C)C3CC[C@]12C.CS(=O)(=O)c1ccc(CCC(C2CCCCC2)C2CCCCC2)cc1.CS(=O)(=O)c1ccc(CCC2CCCCC2)cc1. The minimum atomic E-state index is -3.11. The van der Waals surface area contributed by atoms with E-state index >= 15 is 0 Å². The highest BCUT2D eigenvalue weighted by Gasteiger charge is 2.60. The smallest absolute Gasteiger partial charge is 0.175 e. The van der Waals surface area contributed by atoms with Crippen LogP contribution in [-0.4, -0.2) is 44.0 Å². The summed E-state index contributed by atoms with van der Waals surface area (Å²) in [7, 11) is -9.25. The van der Waals surface area contributed by atoms with Gasteiger partial charge in [-0.3, -0.25) is 0 Å². The van der Waals surface area contributed by atoms with Crippen molar-refractivity contribution in [1.82, 2.24) is 0 Å². The first-order valence-corrected chi connectivity index (χ1v) is 39.1. The van der Waals surface area contributed by atoms with Gasteiger partial charge < -0.3 is 0 Å². The Kier molecular flexibility index (Phi) is 22.9. The fourth-order valence-corrected chi connectivity index (χ4v) is 20.6. The second-order valence-electron chi connectivity index (χ2n) is 29.3. The molecule has 7 fully saturated rings. The average molecular weight is 1170 g/mol. The molecule has 0 saturated heterocycles. The van der Waals surface area contributed by atoms with Gasteiger partial charge in [-0.2, -0.15) is 0 Å². The van der Waals surface area contributed by atoms with Crippen molar-refractivity contribution >= 4 is 29.5 Å². The lowest BCUT2D eigenvalue weighted by atomic mass is 9.44. The zero-order chi connectivity index (χ0) is 58.0. The summed E-state index contributed by atoms with van der Waals surface area (Å²) in [4.78, 5) is 1.30. The number of aryl methyl sites for hydroxylation is 2. The molecule has 0 N–H and O–H groups in total. The molecule has 0 heterocycles. The minimum Gasteiger partial charge on any atom is -0.224 e. The zero-order valence-corrected chi connectivity index (χ0v) is 54.6. The van der Waals surface area contributed by atoms with Gasteiger partial charge in [0.15, 0.2) is 29.5 Å². The van der Waals surface area contributed by atoms with E-state index in [0.29, 0.717) is 25.5 Å². The molecule has 7 aliphatic carbocycles. The summed E-state index contributed by atoms with van der Waals surface area (Å²) in [6, 6.07) is 22.7. The van der Waals surface area contributed by atoms with E-state index in [1.165, 1.54) is 222 Å². The largest absolute Gasteiger partial charge is 0.224 e. The van der Waals surface area contributed by atoms with Crippen LogP contribution in [0.4, 0.5) is 0 Å². The zero-order valence-electron chi connectivity index (χ0n) is 52.2. The maximum Gasteiger partial charge on any atom is 0.175 e. The predicted molar refractivity (Wildman–Crippen MR) is 339 cm³/mol. The van der Waals surface area contributed by atoms with Crippen molar-refractivity contribution in [3.63, 3.8) is 0 Å². The first kappa shape index (κ1) is 64.5. The lowest BCUT2D eigenvalue weighted by Crippen LogP contribution is -2.53. The summed E-state index contributed by atoms with van der Waals surface area (Å²) in [5, 5.41) is 0. The first-order chi connectivity index (χ1) is 38.5. The van der Waals surface area contributed by atoms with Gasteiger partial charge >= 0.3 is 0 Å². The molecule has 9 heteroatoms. The highest BCUT2D eigenvalue weighted by Crippen LogP contribution is 2.69. The van der Waals surface area contributed by atoms with Gasteiger partial charge in [-0.05, 0) is 225 Å². The fraction of sp³-hybridized carbons (Fsp3) is 0.750. The van der Waals surface area contributed by atoms with E-state index < -0.39 is 29.5 Å². The maximum atomic E-state index is 11.8. The Morgan fingerprint density at radius 2 is 0.926 bits per heavy atom. The van der Waals surface area contributed by atoms with Gasteiger partial charge in [-0.15, -0.1) is 0 Å². The van der Waals surface area contributed by atoms with Gasteiger partial charge in [0.25, 0.3) is 0 Å². The first-order valence-electron chi connectivity index (χ1n) is 33.4. The molecule has 0 bridgehead atoms. The van der Waals surface area contributed by atoms with Crippen LogP contribution in [0, 0.1) is 81.8 Å². The van der Waals surface area contributed by atoms with Gasteiger partial charge in [-0.25, -0.2) is 25.3 Å². The molecule has 7 unspecified atom stereocenters. The van der Waals surface area contributed by atoms with Crippen molar-refractivity contribution in [1.29, 1.82) is 0 Å². The molecule has 3 aromatic carbocycles. The maximum absolute atomic E-state index is 11.8. The molecule has 9 atom stereocenters. The second-order valence-corrected chi connectivity index (χ2v) is 35.4. The van der Waals surface area contributed by atoms with Crippen LogP contribution in [0.25, 0.3) is 0 Å². The Bertz CT molecular complexity index is 2710. The summed E-state index contributed by atoms with van der Waals surface area (Å²) in [5.41, 5.74) is 5.00. The van der Waals surface area contributed by atoms with Gasteiger partial charge in [0.1, 0.15) is 0 Å². The summed E-state index contributed by atoms with van der Waals surface area (Å²) in [6.45, 7) is 12.8. The Labute approximate surface area is 496 Å². The monoisotopic (exact) mass is 1170 g/mol. The third kappa shape index (κ3) is 17.4. The summed E-state index contributed by atoms with van der Waals surface area (Å²) < 4.78 is 69.6. The molecule has 454 valence electrons. The van der Waals surface area contributed by atoms with E-state index in [2.05, 4.69) is 46.8 Å². The van der Waals surface area contributed by atoms with Crippen molar-refractivity contribution in [3.8, 4) is 0 Å². The van der Waals surface area contributed by atoms with E-state index in [1.807, 2.05) is 36.4 Å². The molecule has 3 aromatic rings. The average Bonchev–Trinajstić information content (AvgIpc) is 4.09. The highest BCUT2D eigenvalue weighted by atomic mass is 32.2. The normalized spacial score (nSPS) is 29.1. The van der Waals surface area contributed by atoms with Crippen LogP contribution in [0.3, 0.4) is 0 Å². The van der Waals surface area contributed by atoms with E-state index in [-0.39, 0.29) is 0 Å². The third-order valence-corrected chi connectivity index (χ3v) is 26.8. The van der Waals surface area contributed by atoms with Gasteiger partial charge in [0, 0.05) is 18.8 Å². The number of rotatable bonds is 18. The molecule has 0 spiro atoms. The van der Waals surface area contributed by atoms with Crippen LogP contribution in [-0.2, 0) is 48.8 Å². The Balaban J connectivity index is 0.000000172. The van der Waals surface area contributed by atoms with Gasteiger partial charge in [0.2, 0.25) is 0 Å². The molecular formula is C72H112O6S3. The molecular weight excluding hydrogens is 1060 g/mol. The van der Waals surface area contributed by atoms with Gasteiger partial charge in [-0.1, -0.05) is 187 Å². The standard InChI is InChI=1S/C35H56O2S.C22H34O2S.C15H22O2S/c1-24(2)8-7-9-25(3)31-16-17-32-30-15-12-28-23-27(22-26-10-13-29(14-11-26)38(6,36)37)18-20-34(28,4)33(30)19-21-35(31,32)5;1-25(23,24)21-15-12-18(13-16-21)14-17-22(19-8-4-2-5-9-19)20-10-6-3-7-11-20;1-18(16,17)15-11-9-14(10-12-15)8-7-13-5-3-2-4-6-13/h10-11,13-14,24-25,27-28,30-33H,7-9,12,15-23H2,1-6H3;12-13,15-16,19-20,22H,2-11,14,17H2,1H3;9-13H,2-8H2,1H3/t25?,27?,28?,30?,31?,32?,33?,34-,35+;;/m0../s1. The molecule has 81 heavy (non-hydrogen) atoms. The Hall–Kier alpha value is -2.49. The van der Waals surface area contributed by atoms with Crippen LogP contribution in [0.15, 0.2) is 87.5 Å². The van der Waals surface area contributed by atoms with E-state index in [1.54, 1.807) is 24.3 Å². The van der Waals surface area contributed by atoms with E-state index in [4.69, 9.17) is 0 Å². The van der Waals surface area contributed by atoms with Crippen LogP contribution >= 0.6 is 0 Å². The number of hydrogen-bond donors (Lipinski definition) is 0. The summed E-state index contributed by atoms with van der Waals surface area (Å²) >= 11 is 0. The number of fused-ring (bicyclic) bond motifs is 5. The summed E-state index contributed by atoms with van der Waals surface area (Å²) in [5.74, 6) is 10.9. The molecule has 0 aliphatic heterocycles. The van der Waals surface area contributed by atoms with Crippen molar-refractivity contribution in [2.45, 2.75) is 255 Å². The predicted octanol–water partition coefficient (Wildman–Crippen LogP) is 18.8. The number of hydrogen-bond acceptors (Lipinski definition) is 6. The third-order valence-electron chi connectivity index (χ3n) is 23.4. The van der Waals surface area contributed by atoms with Gasteiger partial charge in [0.05, 0.1) is 14.7 Å². The topological polar surface area (TPSA) is 102 Å². The quantitative estimate of drug-likeness (QED) is 0.126. The highest BCUT2D eigenvalue weighted by molar-refractivity contribution is 7.91. The minimum absolute atomic E-state index is 0.420.